The monoisotopic (exact) mass is 313 g/mol. The molecular formula is C18H23N3O2. The number of urea groups is 1. The van der Waals surface area contributed by atoms with Gasteiger partial charge in [0.25, 0.3) is 5.56 Å². The molecule has 1 aliphatic heterocycles. The summed E-state index contributed by atoms with van der Waals surface area (Å²) in [5, 5.41) is 4.41. The molecule has 5 nitrogen and oxygen atoms in total. The molecule has 0 aliphatic carbocycles. The van der Waals surface area contributed by atoms with E-state index < -0.39 is 0 Å². The average molecular weight is 313 g/mol. The zero-order valence-electron chi connectivity index (χ0n) is 13.9. The second-order valence-corrected chi connectivity index (χ2v) is 6.47. The van der Waals surface area contributed by atoms with Crippen LogP contribution in [0.25, 0.3) is 10.8 Å². The zero-order valence-corrected chi connectivity index (χ0v) is 13.9. The molecule has 0 saturated carbocycles. The van der Waals surface area contributed by atoms with E-state index >= 15 is 0 Å². The zero-order chi connectivity index (χ0) is 16.6. The van der Waals surface area contributed by atoms with E-state index in [1.165, 1.54) is 4.57 Å². The van der Waals surface area contributed by atoms with Crippen LogP contribution in [0.2, 0.25) is 0 Å². The first-order chi connectivity index (χ1) is 11.0. The van der Waals surface area contributed by atoms with Crippen LogP contribution in [-0.4, -0.2) is 27.6 Å². The number of fused-ring (bicyclic) bond motifs is 1. The summed E-state index contributed by atoms with van der Waals surface area (Å²) in [4.78, 5) is 26.9. The largest absolute Gasteiger partial charge is 0.322 e. The fraction of sp³-hybridized carbons (Fsp3) is 0.444. The maximum absolute atomic E-state index is 12.8. The van der Waals surface area contributed by atoms with Crippen molar-refractivity contribution in [3.8, 4) is 0 Å². The highest BCUT2D eigenvalue weighted by molar-refractivity contribution is 6.01. The summed E-state index contributed by atoms with van der Waals surface area (Å²) < 4.78 is 1.51. The lowest BCUT2D eigenvalue weighted by Crippen LogP contribution is -2.49. The Balaban J connectivity index is 1.97. The summed E-state index contributed by atoms with van der Waals surface area (Å²) in [5.74, 6) is 0. The van der Waals surface area contributed by atoms with Crippen LogP contribution in [0.1, 0.15) is 33.1 Å². The SMILES string of the molecule is CC1CCCC(C)N1C(=O)Nc1cn(C)c(=O)c2ccccc12. The van der Waals surface area contributed by atoms with Crippen molar-refractivity contribution in [2.45, 2.75) is 45.2 Å². The van der Waals surface area contributed by atoms with Gasteiger partial charge in [-0.15, -0.1) is 0 Å². The van der Waals surface area contributed by atoms with Crippen LogP contribution in [-0.2, 0) is 7.05 Å². The minimum Gasteiger partial charge on any atom is -0.319 e. The third-order valence-corrected chi connectivity index (χ3v) is 4.76. The van der Waals surface area contributed by atoms with E-state index in [0.29, 0.717) is 11.1 Å². The standard InChI is InChI=1S/C18H23N3O2/c1-12-7-6-8-13(2)21(12)18(23)19-16-11-20(3)17(22)15-10-5-4-9-14(15)16/h4-5,9-13H,6-8H2,1-3H3,(H,19,23). The predicted octanol–water partition coefficient (Wildman–Crippen LogP) is 3.33. The van der Waals surface area contributed by atoms with Crippen molar-refractivity contribution in [1.82, 2.24) is 9.47 Å². The number of nitrogens with zero attached hydrogens (tertiary/aromatic N) is 2. The lowest BCUT2D eigenvalue weighted by Gasteiger charge is -2.39. The number of likely N-dealkylation sites (tertiary alicyclic amines) is 1. The van der Waals surface area contributed by atoms with Gasteiger partial charge >= 0.3 is 6.03 Å². The summed E-state index contributed by atoms with van der Waals surface area (Å²) in [6.07, 6.45) is 4.92. The first kappa shape index (κ1) is 15.6. The van der Waals surface area contributed by atoms with Crippen LogP contribution < -0.4 is 10.9 Å². The number of piperidine rings is 1. The minimum absolute atomic E-state index is 0.0571. The van der Waals surface area contributed by atoms with E-state index in [1.54, 1.807) is 19.3 Å². The van der Waals surface area contributed by atoms with Gasteiger partial charge in [-0.3, -0.25) is 4.79 Å². The van der Waals surface area contributed by atoms with Gasteiger partial charge in [-0.05, 0) is 39.2 Å². The van der Waals surface area contributed by atoms with Crippen LogP contribution >= 0.6 is 0 Å². The number of nitrogens with one attached hydrogen (secondary N) is 1. The summed E-state index contributed by atoms with van der Waals surface area (Å²) in [7, 11) is 1.70. The van der Waals surface area contributed by atoms with Gasteiger partial charge in [-0.2, -0.15) is 0 Å². The van der Waals surface area contributed by atoms with E-state index in [2.05, 4.69) is 19.2 Å². The number of benzene rings is 1. The molecule has 1 aromatic heterocycles. The molecule has 2 aromatic rings. The molecule has 0 bridgehead atoms. The van der Waals surface area contributed by atoms with Crippen molar-refractivity contribution >= 4 is 22.5 Å². The Morgan fingerprint density at radius 2 is 1.74 bits per heavy atom. The molecule has 1 N–H and O–H groups in total. The fourth-order valence-electron chi connectivity index (χ4n) is 3.52. The Hall–Kier alpha value is -2.30. The highest BCUT2D eigenvalue weighted by atomic mass is 16.2. The van der Waals surface area contributed by atoms with Crippen molar-refractivity contribution in [3.05, 3.63) is 40.8 Å². The third kappa shape index (κ3) is 2.83. The van der Waals surface area contributed by atoms with Gasteiger partial charge < -0.3 is 14.8 Å². The predicted molar refractivity (Wildman–Crippen MR) is 92.8 cm³/mol. The van der Waals surface area contributed by atoms with Crippen LogP contribution in [0, 0.1) is 0 Å². The molecular weight excluding hydrogens is 290 g/mol. The van der Waals surface area contributed by atoms with Crippen molar-refractivity contribution in [3.63, 3.8) is 0 Å². The van der Waals surface area contributed by atoms with E-state index in [4.69, 9.17) is 0 Å². The molecule has 1 saturated heterocycles. The van der Waals surface area contributed by atoms with Crippen molar-refractivity contribution < 1.29 is 4.79 Å². The highest BCUT2D eigenvalue weighted by Crippen LogP contribution is 2.25. The summed E-state index contributed by atoms with van der Waals surface area (Å²) >= 11 is 0. The molecule has 2 heterocycles. The summed E-state index contributed by atoms with van der Waals surface area (Å²) in [6, 6.07) is 7.76. The number of hydrogen-bond acceptors (Lipinski definition) is 2. The number of pyridine rings is 1. The lowest BCUT2D eigenvalue weighted by molar-refractivity contribution is 0.133. The van der Waals surface area contributed by atoms with Crippen LogP contribution in [0.15, 0.2) is 35.3 Å². The summed E-state index contributed by atoms with van der Waals surface area (Å²) in [6.45, 7) is 4.18. The fourth-order valence-corrected chi connectivity index (χ4v) is 3.52. The second-order valence-electron chi connectivity index (χ2n) is 6.47. The quantitative estimate of drug-likeness (QED) is 0.878. The Morgan fingerprint density at radius 1 is 1.13 bits per heavy atom. The van der Waals surface area contributed by atoms with Crippen LogP contribution in [0.4, 0.5) is 10.5 Å². The lowest BCUT2D eigenvalue weighted by atomic mass is 9.98. The Labute approximate surface area is 135 Å². The molecule has 3 rings (SSSR count). The molecule has 5 heteroatoms. The molecule has 2 atom stereocenters. The smallest absolute Gasteiger partial charge is 0.319 e. The van der Waals surface area contributed by atoms with E-state index in [0.717, 1.165) is 24.6 Å². The number of aryl methyl sites for hydroxylation is 1. The number of carbonyl (C=O) groups excluding carboxylic acids is 1. The number of hydrogen-bond donors (Lipinski definition) is 1. The molecule has 2 amide bonds. The molecule has 0 radical (unpaired) electrons. The van der Waals surface area contributed by atoms with E-state index in [-0.39, 0.29) is 23.7 Å². The summed E-state index contributed by atoms with van der Waals surface area (Å²) in [5.41, 5.74) is 0.621. The highest BCUT2D eigenvalue weighted by Gasteiger charge is 2.29. The molecule has 0 spiro atoms. The maximum Gasteiger partial charge on any atom is 0.322 e. The molecule has 1 aromatic carbocycles. The molecule has 1 fully saturated rings. The average Bonchev–Trinajstić information content (AvgIpc) is 2.52. The van der Waals surface area contributed by atoms with Gasteiger partial charge in [0.05, 0.1) is 5.69 Å². The van der Waals surface area contributed by atoms with Gasteiger partial charge in [0.1, 0.15) is 0 Å². The molecule has 23 heavy (non-hydrogen) atoms. The maximum atomic E-state index is 12.8. The van der Waals surface area contributed by atoms with Gasteiger partial charge in [0.2, 0.25) is 0 Å². The first-order valence-corrected chi connectivity index (χ1v) is 8.16. The van der Waals surface area contributed by atoms with Crippen molar-refractivity contribution in [1.29, 1.82) is 0 Å². The van der Waals surface area contributed by atoms with Crippen LogP contribution in [0.5, 0.6) is 0 Å². The van der Waals surface area contributed by atoms with E-state index in [1.807, 2.05) is 23.1 Å². The third-order valence-electron chi connectivity index (χ3n) is 4.76. The number of anilines is 1. The molecule has 2 unspecified atom stereocenters. The first-order valence-electron chi connectivity index (χ1n) is 8.16. The molecule has 1 aliphatic rings. The molecule has 122 valence electrons. The number of amides is 2. The Bertz CT molecular complexity index is 786. The second kappa shape index (κ2) is 6.07. The Kier molecular flexibility index (Phi) is 4.11. The Morgan fingerprint density at radius 3 is 2.39 bits per heavy atom. The number of carbonyl (C=O) groups is 1. The van der Waals surface area contributed by atoms with Crippen molar-refractivity contribution in [2.75, 3.05) is 5.32 Å². The van der Waals surface area contributed by atoms with E-state index in [9.17, 15) is 9.59 Å². The van der Waals surface area contributed by atoms with Gasteiger partial charge in [0, 0.05) is 36.1 Å². The van der Waals surface area contributed by atoms with Gasteiger partial charge in [-0.1, -0.05) is 18.2 Å². The van der Waals surface area contributed by atoms with Crippen molar-refractivity contribution in [2.24, 2.45) is 7.05 Å². The van der Waals surface area contributed by atoms with Crippen LogP contribution in [0.3, 0.4) is 0 Å². The normalized spacial score (nSPS) is 21.4. The minimum atomic E-state index is -0.0893. The number of rotatable bonds is 1. The van der Waals surface area contributed by atoms with Gasteiger partial charge in [-0.25, -0.2) is 4.79 Å². The topological polar surface area (TPSA) is 54.3 Å². The van der Waals surface area contributed by atoms with Gasteiger partial charge in [0.15, 0.2) is 0 Å². The number of aromatic nitrogens is 1.